The van der Waals surface area contributed by atoms with Crippen molar-refractivity contribution in [3.05, 3.63) is 18.2 Å². The van der Waals surface area contributed by atoms with E-state index in [0.29, 0.717) is 0 Å². The number of aryl methyl sites for hydroxylation is 1. The van der Waals surface area contributed by atoms with Crippen molar-refractivity contribution in [3.8, 4) is 0 Å². The van der Waals surface area contributed by atoms with Crippen molar-refractivity contribution in [2.75, 3.05) is 13.2 Å². The normalized spacial score (nSPS) is 13.2. The Morgan fingerprint density at radius 1 is 1.69 bits per heavy atom. The highest BCUT2D eigenvalue weighted by atomic mass is 16.3. The summed E-state index contributed by atoms with van der Waals surface area (Å²) in [6, 6.07) is 0.123. The van der Waals surface area contributed by atoms with Gasteiger partial charge in [0.15, 0.2) is 0 Å². The van der Waals surface area contributed by atoms with Gasteiger partial charge in [0.25, 0.3) is 0 Å². The van der Waals surface area contributed by atoms with E-state index in [2.05, 4.69) is 10.3 Å². The summed E-state index contributed by atoms with van der Waals surface area (Å²) in [4.78, 5) is 4.12. The van der Waals surface area contributed by atoms with E-state index in [1.54, 1.807) is 6.20 Å². The lowest BCUT2D eigenvalue weighted by molar-refractivity contribution is 0.230. The molecule has 0 fully saturated rings. The maximum absolute atomic E-state index is 9.05. The highest BCUT2D eigenvalue weighted by molar-refractivity contribution is 4.89. The lowest BCUT2D eigenvalue weighted by atomic mass is 10.3. The SMILES string of the molecule is CCNC(CO)Cn1ccnc1C. The summed E-state index contributed by atoms with van der Waals surface area (Å²) < 4.78 is 2.03. The van der Waals surface area contributed by atoms with Gasteiger partial charge in [-0.25, -0.2) is 4.98 Å². The largest absolute Gasteiger partial charge is 0.395 e. The van der Waals surface area contributed by atoms with E-state index in [9.17, 15) is 0 Å². The van der Waals surface area contributed by atoms with Gasteiger partial charge in [-0.2, -0.15) is 0 Å². The number of aromatic nitrogens is 2. The van der Waals surface area contributed by atoms with Crippen LogP contribution in [0.5, 0.6) is 0 Å². The third-order valence-corrected chi connectivity index (χ3v) is 2.05. The van der Waals surface area contributed by atoms with Crippen molar-refractivity contribution in [1.82, 2.24) is 14.9 Å². The lowest BCUT2D eigenvalue weighted by Gasteiger charge is -2.16. The van der Waals surface area contributed by atoms with Gasteiger partial charge in [0.1, 0.15) is 5.82 Å². The fraction of sp³-hybridized carbons (Fsp3) is 0.667. The van der Waals surface area contributed by atoms with Gasteiger partial charge >= 0.3 is 0 Å². The van der Waals surface area contributed by atoms with Gasteiger partial charge in [-0.15, -0.1) is 0 Å². The van der Waals surface area contributed by atoms with E-state index in [1.807, 2.05) is 24.6 Å². The number of aliphatic hydroxyl groups is 1. The summed E-state index contributed by atoms with van der Waals surface area (Å²) in [5.41, 5.74) is 0. The molecule has 0 aliphatic rings. The van der Waals surface area contributed by atoms with Crippen LogP contribution in [0.15, 0.2) is 12.4 Å². The number of nitrogens with zero attached hydrogens (tertiary/aromatic N) is 2. The van der Waals surface area contributed by atoms with Gasteiger partial charge in [-0.05, 0) is 13.5 Å². The Hall–Kier alpha value is -0.870. The van der Waals surface area contributed by atoms with Crippen LogP contribution in [0.2, 0.25) is 0 Å². The molecule has 4 nitrogen and oxygen atoms in total. The number of imidazole rings is 1. The predicted octanol–water partition coefficient (Wildman–Crippen LogP) is 0.162. The molecule has 0 aromatic carbocycles. The van der Waals surface area contributed by atoms with Crippen LogP contribution in [0, 0.1) is 6.92 Å². The number of likely N-dealkylation sites (N-methyl/N-ethyl adjacent to an activating group) is 1. The first kappa shape index (κ1) is 10.2. The molecule has 0 radical (unpaired) electrons. The Morgan fingerprint density at radius 2 is 2.46 bits per heavy atom. The zero-order valence-electron chi connectivity index (χ0n) is 8.20. The van der Waals surface area contributed by atoms with Crippen LogP contribution < -0.4 is 5.32 Å². The number of nitrogens with one attached hydrogen (secondary N) is 1. The molecule has 0 amide bonds. The van der Waals surface area contributed by atoms with E-state index >= 15 is 0 Å². The minimum absolute atomic E-state index is 0.123. The molecule has 1 unspecified atom stereocenters. The van der Waals surface area contributed by atoms with Gasteiger partial charge in [-0.1, -0.05) is 6.92 Å². The molecule has 0 saturated heterocycles. The predicted molar refractivity (Wildman–Crippen MR) is 51.5 cm³/mol. The summed E-state index contributed by atoms with van der Waals surface area (Å²) >= 11 is 0. The van der Waals surface area contributed by atoms with Crippen molar-refractivity contribution >= 4 is 0 Å². The maximum Gasteiger partial charge on any atom is 0.105 e. The summed E-state index contributed by atoms with van der Waals surface area (Å²) in [7, 11) is 0. The monoisotopic (exact) mass is 183 g/mol. The Kier molecular flexibility index (Phi) is 3.92. The highest BCUT2D eigenvalue weighted by Gasteiger charge is 2.07. The molecule has 2 N–H and O–H groups in total. The quantitative estimate of drug-likeness (QED) is 0.684. The molecule has 1 aromatic rings. The molecule has 1 aromatic heterocycles. The molecule has 0 aliphatic heterocycles. The Balaban J connectivity index is 2.51. The van der Waals surface area contributed by atoms with Crippen molar-refractivity contribution < 1.29 is 5.11 Å². The molecule has 1 rings (SSSR count). The number of hydrogen-bond donors (Lipinski definition) is 2. The fourth-order valence-corrected chi connectivity index (χ4v) is 1.31. The molecule has 0 saturated carbocycles. The first-order valence-corrected chi connectivity index (χ1v) is 4.60. The van der Waals surface area contributed by atoms with Crippen LogP contribution in [0.1, 0.15) is 12.7 Å². The number of hydrogen-bond acceptors (Lipinski definition) is 3. The fourth-order valence-electron chi connectivity index (χ4n) is 1.31. The van der Waals surface area contributed by atoms with E-state index in [-0.39, 0.29) is 12.6 Å². The van der Waals surface area contributed by atoms with E-state index in [0.717, 1.165) is 18.9 Å². The van der Waals surface area contributed by atoms with Crippen LogP contribution in [-0.2, 0) is 6.54 Å². The highest BCUT2D eigenvalue weighted by Crippen LogP contribution is 1.97. The number of rotatable bonds is 5. The van der Waals surface area contributed by atoms with Crippen LogP contribution >= 0.6 is 0 Å². The first-order valence-electron chi connectivity index (χ1n) is 4.60. The van der Waals surface area contributed by atoms with Crippen molar-refractivity contribution in [1.29, 1.82) is 0 Å². The van der Waals surface area contributed by atoms with Crippen LogP contribution in [-0.4, -0.2) is 33.9 Å². The number of aliphatic hydroxyl groups excluding tert-OH is 1. The molecule has 0 aliphatic carbocycles. The second-order valence-electron chi connectivity index (χ2n) is 3.06. The lowest BCUT2D eigenvalue weighted by Crippen LogP contribution is -2.36. The van der Waals surface area contributed by atoms with Gasteiger partial charge in [-0.3, -0.25) is 0 Å². The second-order valence-corrected chi connectivity index (χ2v) is 3.06. The summed E-state index contributed by atoms with van der Waals surface area (Å²) in [5.74, 6) is 0.983. The average Bonchev–Trinajstić information content (AvgIpc) is 2.51. The van der Waals surface area contributed by atoms with Gasteiger partial charge in [0, 0.05) is 25.0 Å². The van der Waals surface area contributed by atoms with Crippen molar-refractivity contribution in [2.45, 2.75) is 26.4 Å². The van der Waals surface area contributed by atoms with E-state index in [1.165, 1.54) is 0 Å². The topological polar surface area (TPSA) is 50.1 Å². The Labute approximate surface area is 78.6 Å². The zero-order chi connectivity index (χ0) is 9.68. The standard InChI is InChI=1S/C9H17N3O/c1-3-10-9(7-13)6-12-5-4-11-8(12)2/h4-5,9-10,13H,3,6-7H2,1-2H3. The third kappa shape index (κ3) is 2.82. The van der Waals surface area contributed by atoms with Gasteiger partial charge in [0.2, 0.25) is 0 Å². The molecule has 0 spiro atoms. The summed E-state index contributed by atoms with van der Waals surface area (Å²) in [6.45, 7) is 5.80. The van der Waals surface area contributed by atoms with Crippen LogP contribution in [0.4, 0.5) is 0 Å². The van der Waals surface area contributed by atoms with Crippen LogP contribution in [0.3, 0.4) is 0 Å². The average molecular weight is 183 g/mol. The first-order chi connectivity index (χ1) is 6.27. The maximum atomic E-state index is 9.05. The zero-order valence-corrected chi connectivity index (χ0v) is 8.20. The third-order valence-electron chi connectivity index (χ3n) is 2.05. The Morgan fingerprint density at radius 3 is 2.92 bits per heavy atom. The molecule has 1 heterocycles. The molecule has 4 heteroatoms. The van der Waals surface area contributed by atoms with Crippen LogP contribution in [0.25, 0.3) is 0 Å². The summed E-state index contributed by atoms with van der Waals surface area (Å²) in [5, 5.41) is 12.2. The summed E-state index contributed by atoms with van der Waals surface area (Å²) in [6.07, 6.45) is 3.70. The molecule has 1 atom stereocenters. The van der Waals surface area contributed by atoms with Crippen molar-refractivity contribution in [2.24, 2.45) is 0 Å². The molecule has 13 heavy (non-hydrogen) atoms. The smallest absolute Gasteiger partial charge is 0.105 e. The van der Waals surface area contributed by atoms with Gasteiger partial charge in [0.05, 0.1) is 6.61 Å². The molecular weight excluding hydrogens is 166 g/mol. The molecule has 74 valence electrons. The molecular formula is C9H17N3O. The minimum atomic E-state index is 0.123. The molecule has 0 bridgehead atoms. The van der Waals surface area contributed by atoms with Crippen molar-refractivity contribution in [3.63, 3.8) is 0 Å². The van der Waals surface area contributed by atoms with E-state index in [4.69, 9.17) is 5.11 Å². The second kappa shape index (κ2) is 4.99. The van der Waals surface area contributed by atoms with E-state index < -0.39 is 0 Å². The minimum Gasteiger partial charge on any atom is -0.395 e. The van der Waals surface area contributed by atoms with Gasteiger partial charge < -0.3 is 15.0 Å². The Bertz CT molecular complexity index is 247.